The molecule has 0 amide bonds. The van der Waals surface area contributed by atoms with Gasteiger partial charge in [0.15, 0.2) is 0 Å². The minimum absolute atomic E-state index is 0.233. The first kappa shape index (κ1) is 22.8. The van der Waals surface area contributed by atoms with Gasteiger partial charge in [0.25, 0.3) is 8.32 Å². The van der Waals surface area contributed by atoms with Crippen molar-refractivity contribution >= 4 is 30.9 Å². The highest BCUT2D eigenvalue weighted by molar-refractivity contribution is 6.99. The molecule has 0 aromatic heterocycles. The van der Waals surface area contributed by atoms with Crippen LogP contribution >= 0.6 is 0 Å². The molecule has 0 radical (unpaired) electrons. The average Bonchev–Trinajstić information content (AvgIpc) is 2.70. The Morgan fingerprint density at radius 3 is 1.83 bits per heavy atom. The third-order valence-corrected chi connectivity index (χ3v) is 10.0. The second-order valence-electron chi connectivity index (χ2n) is 8.07. The molecule has 0 aliphatic rings. The van der Waals surface area contributed by atoms with Crippen LogP contribution < -0.4 is 10.4 Å². The lowest BCUT2D eigenvalue weighted by atomic mass is 10.2. The maximum Gasteiger partial charge on any atom is 0.303 e. The molecule has 0 bridgehead atoms. The van der Waals surface area contributed by atoms with Gasteiger partial charge < -0.3 is 14.0 Å². The summed E-state index contributed by atoms with van der Waals surface area (Å²) in [4.78, 5) is 23.4. The molecule has 2 atom stereocenters. The lowest BCUT2D eigenvalue weighted by Crippen LogP contribution is -2.68. The first-order valence-electron chi connectivity index (χ1n) is 9.78. The molecular weight excluding hydrogens is 380 g/mol. The lowest BCUT2D eigenvalue weighted by Gasteiger charge is -2.44. The fourth-order valence-corrected chi connectivity index (χ4v) is 8.31. The van der Waals surface area contributed by atoms with Crippen LogP contribution in [0.25, 0.3) is 0 Å². The largest absolute Gasteiger partial charge is 0.458 e. The molecule has 29 heavy (non-hydrogen) atoms. The van der Waals surface area contributed by atoms with Crippen LogP contribution in [0.4, 0.5) is 0 Å². The summed E-state index contributed by atoms with van der Waals surface area (Å²) in [6, 6.07) is 20.2. The maximum atomic E-state index is 12.0. The molecule has 4 nitrogen and oxygen atoms in total. The van der Waals surface area contributed by atoms with E-state index in [1.807, 2.05) is 36.4 Å². The van der Waals surface area contributed by atoms with Gasteiger partial charge in [-0.3, -0.25) is 4.79 Å². The van der Waals surface area contributed by atoms with Crippen LogP contribution in [0, 0.1) is 0 Å². The summed E-state index contributed by atoms with van der Waals surface area (Å²) >= 11 is 0. The molecule has 0 aliphatic carbocycles. The second-order valence-corrected chi connectivity index (χ2v) is 12.3. The van der Waals surface area contributed by atoms with Gasteiger partial charge in [-0.15, -0.1) is 0 Å². The van der Waals surface area contributed by atoms with Crippen molar-refractivity contribution in [3.8, 4) is 0 Å². The van der Waals surface area contributed by atoms with Crippen LogP contribution in [0.2, 0.25) is 5.04 Å². The third kappa shape index (κ3) is 5.31. The van der Waals surface area contributed by atoms with Gasteiger partial charge in [-0.1, -0.05) is 94.1 Å². The molecule has 154 valence electrons. The zero-order valence-corrected chi connectivity index (χ0v) is 18.6. The normalized spacial score (nSPS) is 13.9. The first-order chi connectivity index (χ1) is 13.7. The number of ether oxygens (including phenoxy) is 1. The molecule has 2 aromatic carbocycles. The van der Waals surface area contributed by atoms with E-state index in [2.05, 4.69) is 51.6 Å². The summed E-state index contributed by atoms with van der Waals surface area (Å²) in [6.07, 6.45) is 1.26. The van der Waals surface area contributed by atoms with Gasteiger partial charge in [-0.05, 0) is 15.4 Å². The highest BCUT2D eigenvalue weighted by Crippen LogP contribution is 2.37. The molecule has 0 saturated heterocycles. The molecule has 0 aliphatic heterocycles. The van der Waals surface area contributed by atoms with Crippen LogP contribution in [0.3, 0.4) is 0 Å². The van der Waals surface area contributed by atoms with Gasteiger partial charge in [0.05, 0.1) is 0 Å². The number of carbonyl (C=O) groups excluding carboxylic acids is 2. The van der Waals surface area contributed by atoms with Crippen molar-refractivity contribution in [3.05, 3.63) is 73.3 Å². The summed E-state index contributed by atoms with van der Waals surface area (Å²) in [6.45, 7) is 11.5. The Hall–Kier alpha value is -2.50. The number of benzene rings is 2. The van der Waals surface area contributed by atoms with Crippen molar-refractivity contribution in [2.45, 2.75) is 51.4 Å². The Morgan fingerprint density at radius 2 is 1.48 bits per heavy atom. The molecule has 2 rings (SSSR count). The average molecular weight is 411 g/mol. The predicted molar refractivity (Wildman–Crippen MR) is 119 cm³/mol. The van der Waals surface area contributed by atoms with Gasteiger partial charge in [0.1, 0.15) is 18.5 Å². The molecule has 0 N–H and O–H groups in total. The summed E-state index contributed by atoms with van der Waals surface area (Å²) in [5.74, 6) is -0.412. The molecule has 5 heteroatoms. The minimum atomic E-state index is -2.86. The fourth-order valence-electron chi connectivity index (χ4n) is 3.68. The van der Waals surface area contributed by atoms with Crippen molar-refractivity contribution < 1.29 is 18.8 Å². The van der Waals surface area contributed by atoms with E-state index in [1.54, 1.807) is 0 Å². The van der Waals surface area contributed by atoms with Gasteiger partial charge in [-0.2, -0.15) is 0 Å². The van der Waals surface area contributed by atoms with E-state index in [0.717, 1.165) is 16.7 Å². The fraction of sp³-hybridized carbons (Fsp3) is 0.333. The van der Waals surface area contributed by atoms with Crippen molar-refractivity contribution in [3.63, 3.8) is 0 Å². The van der Waals surface area contributed by atoms with Gasteiger partial charge >= 0.3 is 5.97 Å². The number of carbonyl (C=O) groups is 2. The van der Waals surface area contributed by atoms with Crippen LogP contribution in [0.1, 0.15) is 34.1 Å². The molecule has 0 saturated carbocycles. The highest BCUT2D eigenvalue weighted by atomic mass is 28.4. The van der Waals surface area contributed by atoms with Crippen molar-refractivity contribution in [1.29, 1.82) is 0 Å². The van der Waals surface area contributed by atoms with E-state index in [0.29, 0.717) is 0 Å². The Balaban J connectivity index is 2.56. The van der Waals surface area contributed by atoms with E-state index in [9.17, 15) is 9.59 Å². The highest BCUT2D eigenvalue weighted by Gasteiger charge is 2.51. The Morgan fingerprint density at radius 1 is 1.00 bits per heavy atom. The van der Waals surface area contributed by atoms with E-state index >= 15 is 0 Å². The molecule has 0 heterocycles. The third-order valence-electron chi connectivity index (χ3n) is 4.94. The summed E-state index contributed by atoms with van der Waals surface area (Å²) in [7, 11) is -2.86. The van der Waals surface area contributed by atoms with E-state index in [4.69, 9.17) is 9.16 Å². The standard InChI is InChI=1S/C24H30O4Si/c1-6-20(27-19(2)26)17-21(18-25)28-29(24(3,4)5,22-13-9-7-10-14-22)23-15-11-8-12-16-23/h6-16,18,20-21H,1,17H2,2-5H3/t20-,21+/m1/s1. The van der Waals surface area contributed by atoms with Gasteiger partial charge in [0, 0.05) is 13.3 Å². The van der Waals surface area contributed by atoms with Gasteiger partial charge in [0.2, 0.25) is 0 Å². The number of hydrogen-bond acceptors (Lipinski definition) is 4. The van der Waals surface area contributed by atoms with E-state index in [-0.39, 0.29) is 11.5 Å². The quantitative estimate of drug-likeness (QED) is 0.274. The maximum absolute atomic E-state index is 12.0. The zero-order chi connectivity index (χ0) is 21.5. The Bertz CT molecular complexity index is 772. The number of esters is 1. The Kier molecular flexibility index (Phi) is 7.71. The Labute approximate surface area is 174 Å². The van der Waals surface area contributed by atoms with Crippen molar-refractivity contribution in [2.75, 3.05) is 0 Å². The first-order valence-corrected chi connectivity index (χ1v) is 11.7. The summed E-state index contributed by atoms with van der Waals surface area (Å²) in [5, 5.41) is 1.93. The van der Waals surface area contributed by atoms with Crippen LogP contribution in [-0.2, 0) is 18.8 Å². The topological polar surface area (TPSA) is 52.6 Å². The predicted octanol–water partition coefficient (Wildman–Crippen LogP) is 3.64. The van der Waals surface area contributed by atoms with Crippen molar-refractivity contribution in [1.82, 2.24) is 0 Å². The van der Waals surface area contributed by atoms with Gasteiger partial charge in [-0.25, -0.2) is 0 Å². The van der Waals surface area contributed by atoms with Crippen LogP contribution in [-0.4, -0.2) is 32.8 Å². The van der Waals surface area contributed by atoms with Crippen LogP contribution in [0.5, 0.6) is 0 Å². The number of rotatable bonds is 9. The second kappa shape index (κ2) is 9.81. The zero-order valence-electron chi connectivity index (χ0n) is 17.6. The number of aldehydes is 1. The van der Waals surface area contributed by atoms with E-state index in [1.165, 1.54) is 13.0 Å². The molecular formula is C24H30O4Si. The van der Waals surface area contributed by atoms with Crippen molar-refractivity contribution in [2.24, 2.45) is 0 Å². The summed E-state index contributed by atoms with van der Waals surface area (Å²) < 4.78 is 12.0. The summed E-state index contributed by atoms with van der Waals surface area (Å²) in [5.41, 5.74) is 0. The molecule has 0 unspecified atom stereocenters. The monoisotopic (exact) mass is 410 g/mol. The molecule has 0 spiro atoms. The lowest BCUT2D eigenvalue weighted by molar-refractivity contribution is -0.145. The molecule has 2 aromatic rings. The smallest absolute Gasteiger partial charge is 0.303 e. The SMILES string of the molecule is C=C[C@H](C[C@@H](C=O)O[Si](c1ccccc1)(c1ccccc1)C(C)(C)C)OC(C)=O. The van der Waals surface area contributed by atoms with E-state index < -0.39 is 26.5 Å². The number of hydrogen-bond donors (Lipinski definition) is 0. The molecule has 0 fully saturated rings. The van der Waals surface area contributed by atoms with Crippen LogP contribution in [0.15, 0.2) is 73.3 Å². The minimum Gasteiger partial charge on any atom is -0.458 e.